The van der Waals surface area contributed by atoms with Crippen LogP contribution in [0.3, 0.4) is 0 Å². The number of likely N-dealkylation sites (tertiary alicyclic amines) is 1. The van der Waals surface area contributed by atoms with Gasteiger partial charge in [-0.3, -0.25) is 10.1 Å². The van der Waals surface area contributed by atoms with Gasteiger partial charge in [0.2, 0.25) is 0 Å². The molecule has 2 rings (SSSR count). The van der Waals surface area contributed by atoms with Gasteiger partial charge in [-0.2, -0.15) is 0 Å². The van der Waals surface area contributed by atoms with Crippen molar-refractivity contribution < 1.29 is 19.6 Å². The molecule has 1 aliphatic rings. The Balaban J connectivity index is 2.11. The van der Waals surface area contributed by atoms with Crippen LogP contribution in [0.5, 0.6) is 5.88 Å². The van der Waals surface area contributed by atoms with E-state index in [4.69, 9.17) is 9.84 Å². The summed E-state index contributed by atoms with van der Waals surface area (Å²) in [6.45, 7) is 1.28. The van der Waals surface area contributed by atoms with Crippen LogP contribution in [0.15, 0.2) is 12.3 Å². The van der Waals surface area contributed by atoms with Crippen molar-refractivity contribution in [3.05, 3.63) is 27.9 Å². The van der Waals surface area contributed by atoms with Crippen LogP contribution < -0.4 is 4.74 Å². The Labute approximate surface area is 121 Å². The third kappa shape index (κ3) is 3.66. The molecule has 1 fully saturated rings. The minimum absolute atomic E-state index is 0.135. The third-order valence-corrected chi connectivity index (χ3v) is 3.61. The van der Waals surface area contributed by atoms with Crippen molar-refractivity contribution in [1.29, 1.82) is 0 Å². The lowest BCUT2D eigenvalue weighted by atomic mass is 10.0. The van der Waals surface area contributed by atoms with Gasteiger partial charge >= 0.3 is 11.7 Å². The molecule has 0 aromatic carbocycles. The van der Waals surface area contributed by atoms with Crippen molar-refractivity contribution in [3.8, 4) is 5.88 Å². The zero-order valence-electron chi connectivity index (χ0n) is 11.7. The average Bonchev–Trinajstić information content (AvgIpc) is 2.46. The smallest absolute Gasteiger partial charge is 0.337 e. The van der Waals surface area contributed by atoms with E-state index in [0.717, 1.165) is 38.1 Å². The van der Waals surface area contributed by atoms with Gasteiger partial charge in [-0.25, -0.2) is 9.78 Å². The molecule has 0 spiro atoms. The summed E-state index contributed by atoms with van der Waals surface area (Å²) in [5.74, 6) is -1.40. The first-order chi connectivity index (χ1) is 9.99. The molecule has 8 heteroatoms. The van der Waals surface area contributed by atoms with E-state index in [0.29, 0.717) is 6.61 Å². The molecular formula is C13H17N3O5. The Morgan fingerprint density at radius 3 is 3.00 bits per heavy atom. The Bertz CT molecular complexity index is 549. The molecule has 1 aromatic heterocycles. The summed E-state index contributed by atoms with van der Waals surface area (Å²) in [6.07, 6.45) is 4.28. The maximum atomic E-state index is 11.0. The summed E-state index contributed by atoms with van der Waals surface area (Å²) in [4.78, 5) is 27.1. The zero-order chi connectivity index (χ0) is 15.4. The number of carbonyl (C=O) groups is 1. The maximum absolute atomic E-state index is 11.0. The molecule has 1 aromatic rings. The van der Waals surface area contributed by atoms with Crippen LogP contribution in [0.2, 0.25) is 0 Å². The number of pyridine rings is 1. The second-order valence-corrected chi connectivity index (χ2v) is 5.05. The van der Waals surface area contributed by atoms with Crippen molar-refractivity contribution in [2.75, 3.05) is 20.2 Å². The number of hydrogen-bond acceptors (Lipinski definition) is 6. The highest BCUT2D eigenvalue weighted by Crippen LogP contribution is 2.26. The first-order valence-corrected chi connectivity index (χ1v) is 6.70. The number of carboxylic acids is 1. The van der Waals surface area contributed by atoms with Gasteiger partial charge in [-0.15, -0.1) is 0 Å². The third-order valence-electron chi connectivity index (χ3n) is 3.61. The fourth-order valence-corrected chi connectivity index (χ4v) is 2.33. The molecule has 0 saturated carbocycles. The predicted octanol–water partition coefficient (Wildman–Crippen LogP) is 1.55. The number of likely N-dealkylation sites (N-methyl/N-ethyl adjacent to an activating group) is 1. The molecule has 0 aliphatic carbocycles. The molecule has 0 bridgehead atoms. The van der Waals surface area contributed by atoms with Gasteiger partial charge in [0.25, 0.3) is 5.88 Å². The minimum atomic E-state index is -1.26. The number of aromatic nitrogens is 1. The molecule has 1 atom stereocenters. The number of aromatic carboxylic acids is 1. The van der Waals surface area contributed by atoms with Gasteiger partial charge in [-0.05, 0) is 26.4 Å². The minimum Gasteiger partial charge on any atom is -0.478 e. The van der Waals surface area contributed by atoms with E-state index >= 15 is 0 Å². The molecule has 0 radical (unpaired) electrons. The van der Waals surface area contributed by atoms with Gasteiger partial charge < -0.3 is 14.7 Å². The quantitative estimate of drug-likeness (QED) is 0.648. The monoisotopic (exact) mass is 295 g/mol. The van der Waals surface area contributed by atoms with Gasteiger partial charge in [0.15, 0.2) is 0 Å². The van der Waals surface area contributed by atoms with Crippen LogP contribution >= 0.6 is 0 Å². The van der Waals surface area contributed by atoms with Crippen LogP contribution in [-0.2, 0) is 0 Å². The number of rotatable bonds is 5. The van der Waals surface area contributed by atoms with Crippen molar-refractivity contribution in [3.63, 3.8) is 0 Å². The fourth-order valence-electron chi connectivity index (χ4n) is 2.33. The van der Waals surface area contributed by atoms with Gasteiger partial charge in [0.05, 0.1) is 10.5 Å². The van der Waals surface area contributed by atoms with Gasteiger partial charge in [-0.1, -0.05) is 6.42 Å². The standard InChI is InChI=1S/C13H17N3O5/c1-15-5-3-2-4-10(15)8-21-12-11(16(19)20)6-9(7-14-12)13(17)18/h6-7,10H,2-5,8H2,1H3,(H,17,18). The average molecular weight is 295 g/mol. The Morgan fingerprint density at radius 1 is 1.62 bits per heavy atom. The van der Waals surface area contributed by atoms with Gasteiger partial charge in [0.1, 0.15) is 6.61 Å². The zero-order valence-corrected chi connectivity index (χ0v) is 11.7. The molecule has 1 unspecified atom stereocenters. The molecule has 1 saturated heterocycles. The van der Waals surface area contributed by atoms with E-state index < -0.39 is 16.6 Å². The highest BCUT2D eigenvalue weighted by Gasteiger charge is 2.24. The molecule has 114 valence electrons. The highest BCUT2D eigenvalue weighted by atomic mass is 16.6. The molecule has 8 nitrogen and oxygen atoms in total. The molecule has 2 heterocycles. The van der Waals surface area contributed by atoms with Crippen LogP contribution in [0.25, 0.3) is 0 Å². The Hall–Kier alpha value is -2.22. The SMILES string of the molecule is CN1CCCCC1COc1ncc(C(=O)O)cc1[N+](=O)[O-]. The summed E-state index contributed by atoms with van der Waals surface area (Å²) in [5, 5.41) is 19.8. The lowest BCUT2D eigenvalue weighted by molar-refractivity contribution is -0.386. The van der Waals surface area contributed by atoms with E-state index in [1.165, 1.54) is 0 Å². The number of carboxylic acid groups (broad SMARTS) is 1. The van der Waals surface area contributed by atoms with E-state index in [9.17, 15) is 14.9 Å². The van der Waals surface area contributed by atoms with Crippen molar-refractivity contribution in [1.82, 2.24) is 9.88 Å². The van der Waals surface area contributed by atoms with Gasteiger partial charge in [0, 0.05) is 18.3 Å². The largest absolute Gasteiger partial charge is 0.478 e. The summed E-state index contributed by atoms with van der Waals surface area (Å²) in [5.41, 5.74) is -0.655. The molecule has 1 aliphatic heterocycles. The predicted molar refractivity (Wildman–Crippen MR) is 73.6 cm³/mol. The van der Waals surface area contributed by atoms with E-state index in [1.54, 1.807) is 0 Å². The van der Waals surface area contributed by atoms with Crippen molar-refractivity contribution >= 4 is 11.7 Å². The lowest BCUT2D eigenvalue weighted by Gasteiger charge is -2.31. The van der Waals surface area contributed by atoms with Crippen LogP contribution in [0.4, 0.5) is 5.69 Å². The van der Waals surface area contributed by atoms with Crippen molar-refractivity contribution in [2.24, 2.45) is 0 Å². The number of nitrogens with zero attached hydrogens (tertiary/aromatic N) is 3. The summed E-state index contributed by atoms with van der Waals surface area (Å²) < 4.78 is 5.46. The van der Waals surface area contributed by atoms with Crippen LogP contribution in [-0.4, -0.2) is 52.1 Å². The second kappa shape index (κ2) is 6.49. The first kappa shape index (κ1) is 15.2. The Morgan fingerprint density at radius 2 is 2.38 bits per heavy atom. The van der Waals surface area contributed by atoms with Crippen LogP contribution in [0.1, 0.15) is 29.6 Å². The number of ether oxygens (including phenoxy) is 1. The molecule has 21 heavy (non-hydrogen) atoms. The fraction of sp³-hybridized carbons (Fsp3) is 0.538. The normalized spacial score (nSPS) is 19.2. The van der Waals surface area contributed by atoms with E-state index in [1.807, 2.05) is 7.05 Å². The number of piperidine rings is 1. The highest BCUT2D eigenvalue weighted by molar-refractivity contribution is 5.88. The lowest BCUT2D eigenvalue weighted by Crippen LogP contribution is -2.40. The maximum Gasteiger partial charge on any atom is 0.337 e. The number of hydrogen-bond donors (Lipinski definition) is 1. The first-order valence-electron chi connectivity index (χ1n) is 6.70. The summed E-state index contributed by atoms with van der Waals surface area (Å²) >= 11 is 0. The summed E-state index contributed by atoms with van der Waals surface area (Å²) in [7, 11) is 1.99. The number of nitro groups is 1. The van der Waals surface area contributed by atoms with Crippen molar-refractivity contribution in [2.45, 2.75) is 25.3 Å². The molecular weight excluding hydrogens is 278 g/mol. The molecule has 0 amide bonds. The molecule has 1 N–H and O–H groups in total. The van der Waals surface area contributed by atoms with E-state index in [-0.39, 0.29) is 17.5 Å². The second-order valence-electron chi connectivity index (χ2n) is 5.05. The topological polar surface area (TPSA) is 106 Å². The Kier molecular flexibility index (Phi) is 4.69. The van der Waals surface area contributed by atoms with E-state index in [2.05, 4.69) is 9.88 Å². The van der Waals surface area contributed by atoms with Crippen LogP contribution in [0, 0.1) is 10.1 Å². The summed E-state index contributed by atoms with van der Waals surface area (Å²) in [6, 6.07) is 1.16.